The van der Waals surface area contributed by atoms with Gasteiger partial charge in [0.25, 0.3) is 0 Å². The monoisotopic (exact) mass is 477 g/mol. The molecule has 1 aliphatic rings. The van der Waals surface area contributed by atoms with Crippen molar-refractivity contribution in [3.63, 3.8) is 0 Å². The highest BCUT2D eigenvalue weighted by molar-refractivity contribution is 14.0. The number of aliphatic imine (C=N–C) groups is 1. The zero-order chi connectivity index (χ0) is 17.6. The van der Waals surface area contributed by atoms with Crippen molar-refractivity contribution in [1.29, 1.82) is 0 Å². The number of halogens is 1. The Balaban J connectivity index is 0.00000338. The van der Waals surface area contributed by atoms with E-state index in [-0.39, 0.29) is 24.0 Å². The number of rotatable bonds is 10. The molecule has 8 heteroatoms. The van der Waals surface area contributed by atoms with E-state index in [0.29, 0.717) is 0 Å². The first-order chi connectivity index (χ1) is 12.4. The molecule has 2 N–H and O–H groups in total. The third-order valence-electron chi connectivity index (χ3n) is 4.55. The molecule has 0 radical (unpaired) electrons. The molecule has 0 spiro atoms. The first-order valence-electron chi connectivity index (χ1n) is 9.95. The summed E-state index contributed by atoms with van der Waals surface area (Å²) < 4.78 is 2.02. The number of likely N-dealkylation sites (tertiary alicyclic amines) is 1. The lowest BCUT2D eigenvalue weighted by molar-refractivity contribution is 0.283. The molecule has 150 valence electrons. The molecule has 1 aliphatic heterocycles. The van der Waals surface area contributed by atoms with Crippen molar-refractivity contribution in [3.8, 4) is 0 Å². The molecule has 1 aromatic heterocycles. The third kappa shape index (κ3) is 10.3. The van der Waals surface area contributed by atoms with Gasteiger partial charge in [0.05, 0.1) is 0 Å². The maximum absolute atomic E-state index is 4.71. The van der Waals surface area contributed by atoms with Crippen molar-refractivity contribution < 1.29 is 0 Å². The van der Waals surface area contributed by atoms with E-state index in [9.17, 15) is 0 Å². The molecule has 26 heavy (non-hydrogen) atoms. The van der Waals surface area contributed by atoms with Crippen LogP contribution in [0.25, 0.3) is 0 Å². The predicted molar refractivity (Wildman–Crippen MR) is 118 cm³/mol. The third-order valence-corrected chi connectivity index (χ3v) is 4.55. The molecule has 2 rings (SSSR count). The minimum Gasteiger partial charge on any atom is -0.357 e. The number of unbranched alkanes of at least 4 members (excludes halogenated alkanes) is 1. The lowest BCUT2D eigenvalue weighted by Crippen LogP contribution is -2.38. The number of aromatic nitrogens is 3. The highest BCUT2D eigenvalue weighted by Crippen LogP contribution is 2.09. The average molecular weight is 477 g/mol. The molecule has 1 saturated heterocycles. The van der Waals surface area contributed by atoms with E-state index in [1.807, 2.05) is 4.57 Å². The van der Waals surface area contributed by atoms with Crippen molar-refractivity contribution in [2.45, 2.75) is 58.4 Å². The molecular formula is C18H36IN7. The fourth-order valence-corrected chi connectivity index (χ4v) is 3.15. The fraction of sp³-hybridized carbons (Fsp3) is 0.833. The Kier molecular flexibility index (Phi) is 13.5. The summed E-state index contributed by atoms with van der Waals surface area (Å²) in [6.07, 6.45) is 12.4. The Labute approximate surface area is 175 Å². The summed E-state index contributed by atoms with van der Waals surface area (Å²) in [6, 6.07) is 0. The molecule has 7 nitrogen and oxygen atoms in total. The smallest absolute Gasteiger partial charge is 0.191 e. The molecule has 0 bridgehead atoms. The molecular weight excluding hydrogens is 441 g/mol. The van der Waals surface area contributed by atoms with Crippen LogP contribution < -0.4 is 10.6 Å². The normalized spacial score (nSPS) is 16.0. The minimum absolute atomic E-state index is 0. The van der Waals surface area contributed by atoms with Crippen LogP contribution >= 0.6 is 24.0 Å². The van der Waals surface area contributed by atoms with Gasteiger partial charge in [-0.05, 0) is 58.7 Å². The molecule has 0 saturated carbocycles. The van der Waals surface area contributed by atoms with Gasteiger partial charge in [-0.25, -0.2) is 0 Å². The SMILES string of the molecule is CCNC(=NCCCN1CCCCCC1)NCCCCn1cnnc1.I. The van der Waals surface area contributed by atoms with Gasteiger partial charge in [-0.3, -0.25) is 4.99 Å². The summed E-state index contributed by atoms with van der Waals surface area (Å²) in [7, 11) is 0. The van der Waals surface area contributed by atoms with Gasteiger partial charge in [-0.15, -0.1) is 34.2 Å². The summed E-state index contributed by atoms with van der Waals surface area (Å²) in [5.41, 5.74) is 0. The van der Waals surface area contributed by atoms with E-state index in [0.717, 1.165) is 51.4 Å². The van der Waals surface area contributed by atoms with E-state index in [1.165, 1.54) is 45.3 Å². The summed E-state index contributed by atoms with van der Waals surface area (Å²) >= 11 is 0. The van der Waals surface area contributed by atoms with Gasteiger partial charge in [-0.1, -0.05) is 12.8 Å². The first-order valence-corrected chi connectivity index (χ1v) is 9.95. The number of hydrogen-bond donors (Lipinski definition) is 2. The molecule has 0 atom stereocenters. The zero-order valence-electron chi connectivity index (χ0n) is 16.2. The summed E-state index contributed by atoms with van der Waals surface area (Å²) in [5, 5.41) is 14.4. The van der Waals surface area contributed by atoms with E-state index in [2.05, 4.69) is 32.7 Å². The van der Waals surface area contributed by atoms with Crippen LogP contribution in [0.4, 0.5) is 0 Å². The van der Waals surface area contributed by atoms with E-state index in [4.69, 9.17) is 4.99 Å². The van der Waals surface area contributed by atoms with Gasteiger partial charge in [0, 0.05) is 26.2 Å². The van der Waals surface area contributed by atoms with Gasteiger partial charge in [0.15, 0.2) is 5.96 Å². The highest BCUT2D eigenvalue weighted by atomic mass is 127. The quantitative estimate of drug-likeness (QED) is 0.235. The van der Waals surface area contributed by atoms with Gasteiger partial charge in [0.1, 0.15) is 12.7 Å². The molecule has 0 aromatic carbocycles. The van der Waals surface area contributed by atoms with Crippen molar-refractivity contribution >= 4 is 29.9 Å². The Morgan fingerprint density at radius 3 is 2.38 bits per heavy atom. The van der Waals surface area contributed by atoms with Gasteiger partial charge >= 0.3 is 0 Å². The topological polar surface area (TPSA) is 70.4 Å². The maximum atomic E-state index is 4.71. The van der Waals surface area contributed by atoms with Crippen molar-refractivity contribution in [1.82, 2.24) is 30.3 Å². The van der Waals surface area contributed by atoms with Crippen molar-refractivity contribution in [2.75, 3.05) is 39.3 Å². The second-order valence-corrected chi connectivity index (χ2v) is 6.70. The lowest BCUT2D eigenvalue weighted by atomic mass is 10.2. The molecule has 1 aromatic rings. The number of guanidine groups is 1. The van der Waals surface area contributed by atoms with Crippen LogP contribution in [-0.2, 0) is 6.54 Å². The van der Waals surface area contributed by atoms with Crippen LogP contribution in [0.3, 0.4) is 0 Å². The second-order valence-electron chi connectivity index (χ2n) is 6.70. The standard InChI is InChI=1S/C18H35N7.HI/c1-2-19-18(20-10-5-8-14-25-16-22-23-17-25)21-11-9-15-24-12-6-3-4-7-13-24;/h16-17H,2-15H2,1H3,(H2,19,20,21);1H. The Morgan fingerprint density at radius 1 is 0.962 bits per heavy atom. The predicted octanol–water partition coefficient (Wildman–Crippen LogP) is 2.50. The van der Waals surface area contributed by atoms with Gasteiger partial charge < -0.3 is 20.1 Å². The van der Waals surface area contributed by atoms with Gasteiger partial charge in [-0.2, -0.15) is 0 Å². The Morgan fingerprint density at radius 2 is 1.69 bits per heavy atom. The largest absolute Gasteiger partial charge is 0.357 e. The van der Waals surface area contributed by atoms with E-state index >= 15 is 0 Å². The molecule has 0 unspecified atom stereocenters. The van der Waals surface area contributed by atoms with Crippen molar-refractivity contribution in [3.05, 3.63) is 12.7 Å². The summed E-state index contributed by atoms with van der Waals surface area (Å²) in [6.45, 7) is 9.55. The van der Waals surface area contributed by atoms with E-state index < -0.39 is 0 Å². The average Bonchev–Trinajstić information content (AvgIpc) is 3.00. The number of nitrogens with one attached hydrogen (secondary N) is 2. The number of aryl methyl sites for hydroxylation is 1. The van der Waals surface area contributed by atoms with Gasteiger partial charge in [0.2, 0.25) is 0 Å². The van der Waals surface area contributed by atoms with Crippen LogP contribution in [0.15, 0.2) is 17.6 Å². The fourth-order valence-electron chi connectivity index (χ4n) is 3.15. The van der Waals surface area contributed by atoms with Crippen LogP contribution in [-0.4, -0.2) is 64.9 Å². The van der Waals surface area contributed by atoms with Crippen LogP contribution in [0, 0.1) is 0 Å². The van der Waals surface area contributed by atoms with Crippen molar-refractivity contribution in [2.24, 2.45) is 4.99 Å². The lowest BCUT2D eigenvalue weighted by Gasteiger charge is -2.19. The van der Waals surface area contributed by atoms with Crippen LogP contribution in [0.1, 0.15) is 51.9 Å². The number of nitrogens with zero attached hydrogens (tertiary/aromatic N) is 5. The molecule has 0 amide bonds. The molecule has 0 aliphatic carbocycles. The Hall–Kier alpha value is -0.900. The number of hydrogen-bond acceptors (Lipinski definition) is 4. The molecule has 1 fully saturated rings. The van der Waals surface area contributed by atoms with Crippen LogP contribution in [0.5, 0.6) is 0 Å². The molecule has 2 heterocycles. The van der Waals surface area contributed by atoms with Crippen LogP contribution in [0.2, 0.25) is 0 Å². The first kappa shape index (κ1) is 23.1. The van der Waals surface area contributed by atoms with E-state index in [1.54, 1.807) is 12.7 Å². The summed E-state index contributed by atoms with van der Waals surface area (Å²) in [5.74, 6) is 0.947. The Bertz CT molecular complexity index is 456. The summed E-state index contributed by atoms with van der Waals surface area (Å²) in [4.78, 5) is 7.32. The minimum atomic E-state index is 0. The highest BCUT2D eigenvalue weighted by Gasteiger charge is 2.07. The second kappa shape index (κ2) is 15.2. The zero-order valence-corrected chi connectivity index (χ0v) is 18.5. The maximum Gasteiger partial charge on any atom is 0.191 e.